The van der Waals surface area contributed by atoms with Crippen LogP contribution in [0.4, 0.5) is 15.2 Å². The molecular weight excluding hydrogens is 447 g/mol. The first-order chi connectivity index (χ1) is 14.4. The highest BCUT2D eigenvalue weighted by atomic mass is 32.2. The highest BCUT2D eigenvalue weighted by Crippen LogP contribution is 2.28. The first-order valence-corrected chi connectivity index (χ1v) is 11.3. The number of aryl methyl sites for hydroxylation is 2. The summed E-state index contributed by atoms with van der Waals surface area (Å²) in [5, 5.41) is 12.1. The average Bonchev–Trinajstić information content (AvgIpc) is 3.29. The Morgan fingerprint density at radius 1 is 1.20 bits per heavy atom. The van der Waals surface area contributed by atoms with Gasteiger partial charge in [0.15, 0.2) is 4.34 Å². The summed E-state index contributed by atoms with van der Waals surface area (Å²) in [4.78, 5) is 30.8. The number of halogens is 1. The summed E-state index contributed by atoms with van der Waals surface area (Å²) in [6.45, 7) is 3.80. The van der Waals surface area contributed by atoms with Crippen LogP contribution >= 0.6 is 34.4 Å². The predicted octanol–water partition coefficient (Wildman–Crippen LogP) is 3.67. The van der Waals surface area contributed by atoms with Gasteiger partial charge in [-0.1, -0.05) is 23.1 Å². The van der Waals surface area contributed by atoms with Crippen LogP contribution in [0.3, 0.4) is 0 Å². The van der Waals surface area contributed by atoms with Crippen LogP contribution in [0, 0.1) is 19.7 Å². The van der Waals surface area contributed by atoms with Crippen LogP contribution < -0.4 is 16.3 Å². The molecule has 0 spiro atoms. The second-order valence-electron chi connectivity index (χ2n) is 6.21. The molecule has 154 valence electrons. The Hall–Kier alpha value is -2.83. The zero-order valence-electron chi connectivity index (χ0n) is 15.8. The third-order valence-corrected chi connectivity index (χ3v) is 7.25. The standard InChI is InChI=1S/C18H15FN6O2S3/c1-9-10(2)29-15-14(9)16(27)25(8-20-15)24-13(26)7-28-18-23-22-17(30-18)21-12-5-3-11(19)4-6-12/h3-6,8H,7H2,1-2H3,(H,21,22)(H,24,26). The van der Waals surface area contributed by atoms with E-state index in [0.717, 1.165) is 15.1 Å². The number of thiophene rings is 1. The van der Waals surface area contributed by atoms with E-state index in [2.05, 4.69) is 25.9 Å². The van der Waals surface area contributed by atoms with Crippen molar-refractivity contribution >= 4 is 61.4 Å². The van der Waals surface area contributed by atoms with Gasteiger partial charge in [0, 0.05) is 10.6 Å². The lowest BCUT2D eigenvalue weighted by Gasteiger charge is -2.06. The monoisotopic (exact) mass is 462 g/mol. The van der Waals surface area contributed by atoms with E-state index in [-0.39, 0.29) is 23.0 Å². The number of nitrogens with one attached hydrogen (secondary N) is 2. The van der Waals surface area contributed by atoms with Gasteiger partial charge in [-0.05, 0) is 43.7 Å². The second kappa shape index (κ2) is 8.50. The number of amides is 1. The summed E-state index contributed by atoms with van der Waals surface area (Å²) < 4.78 is 14.7. The molecule has 0 unspecified atom stereocenters. The van der Waals surface area contributed by atoms with Gasteiger partial charge in [0.05, 0.1) is 11.1 Å². The van der Waals surface area contributed by atoms with E-state index in [9.17, 15) is 14.0 Å². The number of hydrogen-bond donors (Lipinski definition) is 2. The maximum Gasteiger partial charge on any atom is 0.281 e. The Kier molecular flexibility index (Phi) is 5.79. The van der Waals surface area contributed by atoms with Crippen molar-refractivity contribution in [1.29, 1.82) is 0 Å². The zero-order chi connectivity index (χ0) is 21.3. The summed E-state index contributed by atoms with van der Waals surface area (Å²) in [6, 6.07) is 5.87. The van der Waals surface area contributed by atoms with Crippen molar-refractivity contribution < 1.29 is 9.18 Å². The Labute approximate surface area is 182 Å². The number of carbonyl (C=O) groups excluding carboxylic acids is 1. The van der Waals surface area contributed by atoms with Crippen molar-refractivity contribution in [2.24, 2.45) is 0 Å². The molecule has 0 atom stereocenters. The number of rotatable bonds is 6. The zero-order valence-corrected chi connectivity index (χ0v) is 18.3. The minimum Gasteiger partial charge on any atom is -0.330 e. The molecule has 0 aliphatic rings. The molecule has 0 aliphatic heterocycles. The first kappa shape index (κ1) is 20.4. The predicted molar refractivity (Wildman–Crippen MR) is 118 cm³/mol. The van der Waals surface area contributed by atoms with E-state index in [1.54, 1.807) is 12.1 Å². The second-order valence-corrected chi connectivity index (χ2v) is 9.61. The van der Waals surface area contributed by atoms with Gasteiger partial charge in [0.2, 0.25) is 11.0 Å². The third-order valence-electron chi connectivity index (χ3n) is 4.16. The van der Waals surface area contributed by atoms with Crippen LogP contribution in [0.1, 0.15) is 10.4 Å². The van der Waals surface area contributed by atoms with Gasteiger partial charge in [-0.3, -0.25) is 15.0 Å². The molecule has 0 saturated carbocycles. The Morgan fingerprint density at radius 3 is 2.73 bits per heavy atom. The fraction of sp³-hybridized carbons (Fsp3) is 0.167. The van der Waals surface area contributed by atoms with Gasteiger partial charge in [-0.2, -0.15) is 0 Å². The Bertz CT molecular complexity index is 1280. The number of thioether (sulfide) groups is 1. The maximum absolute atomic E-state index is 13.0. The fourth-order valence-corrected chi connectivity index (χ4v) is 5.14. The van der Waals surface area contributed by atoms with E-state index in [0.29, 0.717) is 25.4 Å². The molecule has 1 amide bonds. The molecular formula is C18H15FN6O2S3. The summed E-state index contributed by atoms with van der Waals surface area (Å²) >= 11 is 3.92. The van der Waals surface area contributed by atoms with Gasteiger partial charge in [-0.15, -0.1) is 21.5 Å². The van der Waals surface area contributed by atoms with Gasteiger partial charge in [0.25, 0.3) is 5.56 Å². The van der Waals surface area contributed by atoms with Gasteiger partial charge in [-0.25, -0.2) is 14.1 Å². The van der Waals surface area contributed by atoms with Crippen LogP contribution in [0.5, 0.6) is 0 Å². The van der Waals surface area contributed by atoms with Crippen LogP contribution in [-0.4, -0.2) is 31.5 Å². The molecule has 1 aromatic carbocycles. The number of nitrogens with zero attached hydrogens (tertiary/aromatic N) is 4. The smallest absolute Gasteiger partial charge is 0.281 e. The van der Waals surface area contributed by atoms with Crippen molar-refractivity contribution in [2.75, 3.05) is 16.5 Å². The summed E-state index contributed by atoms with van der Waals surface area (Å²) in [6.07, 6.45) is 1.32. The molecule has 4 rings (SSSR count). The number of fused-ring (bicyclic) bond motifs is 1. The minimum atomic E-state index is -0.365. The number of hydrogen-bond acceptors (Lipinski definition) is 9. The molecule has 0 aliphatic carbocycles. The average molecular weight is 463 g/mol. The molecule has 0 bridgehead atoms. The minimum absolute atomic E-state index is 0.0529. The quantitative estimate of drug-likeness (QED) is 0.422. The topological polar surface area (TPSA) is 102 Å². The molecule has 30 heavy (non-hydrogen) atoms. The van der Waals surface area contributed by atoms with Crippen LogP contribution in [0.25, 0.3) is 10.2 Å². The highest BCUT2D eigenvalue weighted by molar-refractivity contribution is 8.01. The highest BCUT2D eigenvalue weighted by Gasteiger charge is 2.14. The Balaban J connectivity index is 1.37. The summed E-state index contributed by atoms with van der Waals surface area (Å²) in [5.74, 6) is -0.633. The van der Waals surface area contributed by atoms with E-state index in [1.165, 1.54) is 52.9 Å². The number of anilines is 2. The van der Waals surface area contributed by atoms with Crippen molar-refractivity contribution in [1.82, 2.24) is 19.9 Å². The van der Waals surface area contributed by atoms with E-state index in [1.807, 2.05) is 13.8 Å². The molecule has 0 saturated heterocycles. The van der Waals surface area contributed by atoms with Crippen molar-refractivity contribution in [2.45, 2.75) is 18.2 Å². The van der Waals surface area contributed by atoms with Crippen molar-refractivity contribution in [3.63, 3.8) is 0 Å². The van der Waals surface area contributed by atoms with E-state index in [4.69, 9.17) is 0 Å². The molecule has 3 heterocycles. The number of benzene rings is 1. The van der Waals surface area contributed by atoms with Crippen LogP contribution in [0.2, 0.25) is 0 Å². The number of carbonyl (C=O) groups is 1. The maximum atomic E-state index is 13.0. The van der Waals surface area contributed by atoms with Gasteiger partial charge >= 0.3 is 0 Å². The number of aromatic nitrogens is 4. The lowest BCUT2D eigenvalue weighted by atomic mass is 10.2. The molecule has 12 heteroatoms. The normalized spacial score (nSPS) is 11.0. The third kappa shape index (κ3) is 4.35. The molecule has 8 nitrogen and oxygen atoms in total. The molecule has 0 fully saturated rings. The van der Waals surface area contributed by atoms with Crippen molar-refractivity contribution in [3.8, 4) is 0 Å². The van der Waals surface area contributed by atoms with E-state index >= 15 is 0 Å². The Morgan fingerprint density at radius 2 is 1.97 bits per heavy atom. The lowest BCUT2D eigenvalue weighted by molar-refractivity contribution is -0.114. The summed E-state index contributed by atoms with van der Waals surface area (Å²) in [7, 11) is 0. The molecule has 4 aromatic rings. The van der Waals surface area contributed by atoms with Crippen LogP contribution in [0.15, 0.2) is 39.7 Å². The lowest BCUT2D eigenvalue weighted by Crippen LogP contribution is -2.34. The fourth-order valence-electron chi connectivity index (χ4n) is 2.58. The van der Waals surface area contributed by atoms with E-state index < -0.39 is 0 Å². The molecule has 3 aromatic heterocycles. The summed E-state index contributed by atoms with van der Waals surface area (Å²) in [5.41, 5.74) is 3.81. The van der Waals surface area contributed by atoms with Gasteiger partial charge < -0.3 is 5.32 Å². The molecule has 0 radical (unpaired) electrons. The first-order valence-electron chi connectivity index (χ1n) is 8.67. The van der Waals surface area contributed by atoms with Gasteiger partial charge in [0.1, 0.15) is 17.0 Å². The van der Waals surface area contributed by atoms with Crippen LogP contribution in [-0.2, 0) is 4.79 Å². The molecule has 2 N–H and O–H groups in total. The van der Waals surface area contributed by atoms with Crippen molar-refractivity contribution in [3.05, 3.63) is 57.2 Å². The largest absolute Gasteiger partial charge is 0.330 e. The SMILES string of the molecule is Cc1sc2ncn(NC(=O)CSc3nnc(Nc4ccc(F)cc4)s3)c(=O)c2c1C.